The van der Waals surface area contributed by atoms with Crippen LogP contribution in [-0.4, -0.2) is 41.8 Å². The molecule has 1 aliphatic rings. The fourth-order valence-corrected chi connectivity index (χ4v) is 2.34. The number of hydrogen-bond acceptors (Lipinski definition) is 4. The molecule has 0 N–H and O–H groups in total. The molecule has 0 saturated carbocycles. The molecule has 1 aromatic heterocycles. The highest BCUT2D eigenvalue weighted by Gasteiger charge is 2.59. The molecule has 0 spiro atoms. The van der Waals surface area contributed by atoms with Crippen molar-refractivity contribution in [1.29, 1.82) is 5.26 Å². The lowest BCUT2D eigenvalue weighted by Gasteiger charge is -2.42. The molecule has 0 amide bonds. The molecule has 1 atom stereocenters. The minimum absolute atomic E-state index is 0.00403. The smallest absolute Gasteiger partial charge is 0.429 e. The second-order valence-electron chi connectivity index (χ2n) is 4.90. The van der Waals surface area contributed by atoms with Crippen LogP contribution in [0.15, 0.2) is 18.3 Å². The van der Waals surface area contributed by atoms with E-state index < -0.39 is 11.8 Å². The molecule has 1 fully saturated rings. The molecule has 7 heteroatoms. The molecule has 1 unspecified atom stereocenters. The van der Waals surface area contributed by atoms with Gasteiger partial charge in [-0.25, -0.2) is 4.98 Å². The first kappa shape index (κ1) is 14.6. The van der Waals surface area contributed by atoms with Gasteiger partial charge in [0.25, 0.3) is 0 Å². The van der Waals surface area contributed by atoms with Gasteiger partial charge >= 0.3 is 6.18 Å². The van der Waals surface area contributed by atoms with Crippen LogP contribution in [0.1, 0.15) is 18.4 Å². The zero-order valence-electron chi connectivity index (χ0n) is 10.9. The van der Waals surface area contributed by atoms with Gasteiger partial charge in [-0.3, -0.25) is 0 Å². The summed E-state index contributed by atoms with van der Waals surface area (Å²) in [6.07, 6.45) is -2.97. The number of piperidine rings is 1. The Labute approximate surface area is 114 Å². The Morgan fingerprint density at radius 1 is 1.50 bits per heavy atom. The van der Waals surface area contributed by atoms with E-state index in [0.29, 0.717) is 13.0 Å². The third-order valence-electron chi connectivity index (χ3n) is 3.35. The highest BCUT2D eigenvalue weighted by molar-refractivity contribution is 5.37. The summed E-state index contributed by atoms with van der Waals surface area (Å²) in [5.41, 5.74) is -2.30. The molecule has 4 nitrogen and oxygen atoms in total. The van der Waals surface area contributed by atoms with Gasteiger partial charge in [0.1, 0.15) is 11.6 Å². The Morgan fingerprint density at radius 3 is 2.85 bits per heavy atom. The number of halogens is 3. The molecule has 2 heterocycles. The van der Waals surface area contributed by atoms with Crippen LogP contribution in [0.2, 0.25) is 0 Å². The van der Waals surface area contributed by atoms with Crippen LogP contribution in [0.3, 0.4) is 0 Å². The summed E-state index contributed by atoms with van der Waals surface area (Å²) in [4.78, 5) is 5.34. The lowest BCUT2D eigenvalue weighted by Crippen LogP contribution is -2.60. The van der Waals surface area contributed by atoms with E-state index in [0.717, 1.165) is 0 Å². The molecule has 0 bridgehead atoms. The largest absolute Gasteiger partial charge is 0.459 e. The third-order valence-corrected chi connectivity index (χ3v) is 3.35. The molecular formula is C13H14F3N3O. The maximum Gasteiger partial charge on any atom is 0.429 e. The maximum atomic E-state index is 13.4. The Morgan fingerprint density at radius 2 is 2.25 bits per heavy atom. The number of alkyl halides is 3. The lowest BCUT2D eigenvalue weighted by molar-refractivity contribution is -0.262. The SMILES string of the molecule is CN1CCCC(Oc2ncccc2C#N)(C(F)(F)F)C1. The molecule has 1 aliphatic heterocycles. The van der Waals surface area contributed by atoms with E-state index in [1.165, 1.54) is 18.3 Å². The van der Waals surface area contributed by atoms with Crippen molar-refractivity contribution in [2.75, 3.05) is 20.1 Å². The number of nitrogens with zero attached hydrogens (tertiary/aromatic N) is 3. The molecule has 108 valence electrons. The van der Waals surface area contributed by atoms with Crippen LogP contribution in [0.4, 0.5) is 13.2 Å². The van der Waals surface area contributed by atoms with E-state index in [2.05, 4.69) is 4.98 Å². The van der Waals surface area contributed by atoms with E-state index in [-0.39, 0.29) is 24.4 Å². The molecule has 20 heavy (non-hydrogen) atoms. The average Bonchev–Trinajstić information content (AvgIpc) is 2.38. The van der Waals surface area contributed by atoms with Crippen molar-refractivity contribution in [3.63, 3.8) is 0 Å². The van der Waals surface area contributed by atoms with Gasteiger partial charge in [0.05, 0.1) is 0 Å². The molecule has 0 radical (unpaired) electrons. The Hall–Kier alpha value is -1.81. The molecule has 1 aromatic rings. The first-order chi connectivity index (χ1) is 9.38. The minimum Gasteiger partial charge on any atom is -0.459 e. The standard InChI is InChI=1S/C13H14F3N3O/c1-19-7-3-5-12(9-19,13(14,15)16)20-11-10(8-17)4-2-6-18-11/h2,4,6H,3,5,7,9H2,1H3. The normalized spacial score (nSPS) is 24.1. The summed E-state index contributed by atoms with van der Waals surface area (Å²) >= 11 is 0. The number of hydrogen-bond donors (Lipinski definition) is 0. The monoisotopic (exact) mass is 285 g/mol. The Balaban J connectivity index is 2.36. The Kier molecular flexibility index (Phi) is 3.86. The predicted octanol–water partition coefficient (Wildman–Crippen LogP) is 2.36. The molecule has 0 aliphatic carbocycles. The summed E-state index contributed by atoms with van der Waals surface area (Å²) < 4.78 is 45.5. The highest BCUT2D eigenvalue weighted by Crippen LogP contribution is 2.40. The topological polar surface area (TPSA) is 49.1 Å². The second-order valence-corrected chi connectivity index (χ2v) is 4.90. The summed E-state index contributed by atoms with van der Waals surface area (Å²) in [5, 5.41) is 8.92. The van der Waals surface area contributed by atoms with E-state index in [1.54, 1.807) is 18.0 Å². The third kappa shape index (κ3) is 2.70. The maximum absolute atomic E-state index is 13.4. The molecular weight excluding hydrogens is 271 g/mol. The first-order valence-electron chi connectivity index (χ1n) is 6.17. The van der Waals surface area contributed by atoms with Crippen molar-refractivity contribution in [3.05, 3.63) is 23.9 Å². The van der Waals surface area contributed by atoms with E-state index >= 15 is 0 Å². The van der Waals surface area contributed by atoms with Gasteiger partial charge in [-0.1, -0.05) is 0 Å². The summed E-state index contributed by atoms with van der Waals surface area (Å²) in [6, 6.07) is 4.67. The number of pyridine rings is 1. The van der Waals surface area contributed by atoms with Crippen LogP contribution in [0.25, 0.3) is 0 Å². The zero-order valence-corrected chi connectivity index (χ0v) is 10.9. The van der Waals surface area contributed by atoms with Gasteiger partial charge in [-0.15, -0.1) is 0 Å². The van der Waals surface area contributed by atoms with Crippen LogP contribution >= 0.6 is 0 Å². The van der Waals surface area contributed by atoms with Crippen LogP contribution in [0, 0.1) is 11.3 Å². The molecule has 1 saturated heterocycles. The first-order valence-corrected chi connectivity index (χ1v) is 6.17. The number of likely N-dealkylation sites (N-methyl/N-ethyl adjacent to an activating group) is 1. The van der Waals surface area contributed by atoms with Crippen molar-refractivity contribution >= 4 is 0 Å². The summed E-state index contributed by atoms with van der Waals surface area (Å²) in [6.45, 7) is 0.326. The minimum atomic E-state index is -4.52. The number of ether oxygens (including phenoxy) is 1. The summed E-state index contributed by atoms with van der Waals surface area (Å²) in [5.74, 6) is -0.261. The van der Waals surface area contributed by atoms with Crippen molar-refractivity contribution in [1.82, 2.24) is 9.88 Å². The predicted molar refractivity (Wildman–Crippen MR) is 65.1 cm³/mol. The Bertz CT molecular complexity index is 526. The molecule has 2 rings (SSSR count). The fourth-order valence-electron chi connectivity index (χ4n) is 2.34. The van der Waals surface area contributed by atoms with Gasteiger partial charge < -0.3 is 9.64 Å². The average molecular weight is 285 g/mol. The van der Waals surface area contributed by atoms with Crippen LogP contribution < -0.4 is 4.74 Å². The van der Waals surface area contributed by atoms with Crippen molar-refractivity contribution in [3.8, 4) is 11.9 Å². The van der Waals surface area contributed by atoms with Crippen LogP contribution in [-0.2, 0) is 0 Å². The van der Waals surface area contributed by atoms with Crippen molar-refractivity contribution < 1.29 is 17.9 Å². The highest BCUT2D eigenvalue weighted by atomic mass is 19.4. The molecule has 0 aromatic carbocycles. The quantitative estimate of drug-likeness (QED) is 0.837. The van der Waals surface area contributed by atoms with Gasteiger partial charge in [0, 0.05) is 12.7 Å². The number of likely N-dealkylation sites (tertiary alicyclic amines) is 1. The van der Waals surface area contributed by atoms with Gasteiger partial charge in [0.15, 0.2) is 0 Å². The fraction of sp³-hybridized carbons (Fsp3) is 0.538. The van der Waals surface area contributed by atoms with Crippen molar-refractivity contribution in [2.45, 2.75) is 24.6 Å². The van der Waals surface area contributed by atoms with Gasteiger partial charge in [0.2, 0.25) is 11.5 Å². The second kappa shape index (κ2) is 5.29. The van der Waals surface area contributed by atoms with E-state index in [4.69, 9.17) is 10.00 Å². The van der Waals surface area contributed by atoms with Gasteiger partial charge in [-0.2, -0.15) is 18.4 Å². The summed E-state index contributed by atoms with van der Waals surface area (Å²) in [7, 11) is 1.62. The van der Waals surface area contributed by atoms with E-state index in [9.17, 15) is 13.2 Å². The van der Waals surface area contributed by atoms with Crippen molar-refractivity contribution in [2.24, 2.45) is 0 Å². The number of aromatic nitrogens is 1. The van der Waals surface area contributed by atoms with Crippen LogP contribution in [0.5, 0.6) is 5.88 Å². The zero-order chi connectivity index (χ0) is 14.8. The number of rotatable bonds is 2. The van der Waals surface area contributed by atoms with Gasteiger partial charge in [-0.05, 0) is 38.6 Å². The van der Waals surface area contributed by atoms with E-state index in [1.807, 2.05) is 0 Å². The number of nitriles is 1. The lowest BCUT2D eigenvalue weighted by atomic mass is 9.92.